The van der Waals surface area contributed by atoms with Gasteiger partial charge in [0.25, 0.3) is 5.91 Å². The Morgan fingerprint density at radius 1 is 1.47 bits per heavy atom. The first kappa shape index (κ1) is 14.2. The summed E-state index contributed by atoms with van der Waals surface area (Å²) in [5, 5.41) is 0.481. The zero-order valence-corrected chi connectivity index (χ0v) is 12.0. The first-order chi connectivity index (χ1) is 8.93. The summed E-state index contributed by atoms with van der Waals surface area (Å²) in [5.41, 5.74) is 6.50. The van der Waals surface area contributed by atoms with E-state index in [2.05, 4.69) is 0 Å². The van der Waals surface area contributed by atoms with Crippen LogP contribution in [0.25, 0.3) is 0 Å². The molecule has 1 aromatic rings. The Labute approximate surface area is 118 Å². The average Bonchev–Trinajstić information content (AvgIpc) is 2.37. The Hall–Kier alpha value is -1.26. The predicted octanol–water partition coefficient (Wildman–Crippen LogP) is 2.56. The van der Waals surface area contributed by atoms with Gasteiger partial charge in [-0.1, -0.05) is 11.6 Å². The minimum Gasteiger partial charge on any atom is -0.399 e. The van der Waals surface area contributed by atoms with Crippen molar-refractivity contribution in [1.29, 1.82) is 0 Å². The molecule has 1 aliphatic heterocycles. The van der Waals surface area contributed by atoms with Crippen molar-refractivity contribution in [3.63, 3.8) is 0 Å². The third-order valence-electron chi connectivity index (χ3n) is 3.61. The molecule has 1 amide bonds. The molecule has 19 heavy (non-hydrogen) atoms. The highest BCUT2D eigenvalue weighted by molar-refractivity contribution is 6.31. The summed E-state index contributed by atoms with van der Waals surface area (Å²) < 4.78 is 5.50. The van der Waals surface area contributed by atoms with Crippen LogP contribution in [0.3, 0.4) is 0 Å². The first-order valence-corrected chi connectivity index (χ1v) is 6.72. The molecular formula is C14H19ClN2O2. The van der Waals surface area contributed by atoms with Crippen LogP contribution in [0.15, 0.2) is 18.2 Å². The van der Waals surface area contributed by atoms with Gasteiger partial charge in [0.1, 0.15) is 0 Å². The topological polar surface area (TPSA) is 55.6 Å². The van der Waals surface area contributed by atoms with Gasteiger partial charge in [0.2, 0.25) is 0 Å². The second-order valence-electron chi connectivity index (χ2n) is 5.26. The highest BCUT2D eigenvalue weighted by Gasteiger charge is 2.33. The number of nitrogens with zero attached hydrogens (tertiary/aromatic N) is 1. The van der Waals surface area contributed by atoms with Crippen LogP contribution >= 0.6 is 11.6 Å². The van der Waals surface area contributed by atoms with Gasteiger partial charge in [0.15, 0.2) is 0 Å². The first-order valence-electron chi connectivity index (χ1n) is 6.34. The summed E-state index contributed by atoms with van der Waals surface area (Å²) in [6.45, 7) is 3.36. The predicted molar refractivity (Wildman–Crippen MR) is 76.4 cm³/mol. The molecule has 1 fully saturated rings. The number of nitrogens with two attached hydrogens (primary N) is 1. The van der Waals surface area contributed by atoms with Crippen molar-refractivity contribution in [1.82, 2.24) is 4.90 Å². The fourth-order valence-electron chi connectivity index (χ4n) is 2.46. The van der Waals surface area contributed by atoms with E-state index in [-0.39, 0.29) is 11.5 Å². The molecule has 1 aromatic carbocycles. The van der Waals surface area contributed by atoms with Gasteiger partial charge < -0.3 is 15.4 Å². The summed E-state index contributed by atoms with van der Waals surface area (Å²) in [7, 11) is 1.69. The Balaban J connectivity index is 2.19. The van der Waals surface area contributed by atoms with Gasteiger partial charge in [0, 0.05) is 36.5 Å². The van der Waals surface area contributed by atoms with E-state index >= 15 is 0 Å². The van der Waals surface area contributed by atoms with Crippen molar-refractivity contribution in [3.05, 3.63) is 28.8 Å². The highest BCUT2D eigenvalue weighted by Crippen LogP contribution is 2.26. The van der Waals surface area contributed by atoms with Crippen molar-refractivity contribution in [2.45, 2.75) is 25.4 Å². The molecule has 0 spiro atoms. The van der Waals surface area contributed by atoms with E-state index in [0.717, 1.165) is 19.4 Å². The van der Waals surface area contributed by atoms with Crippen LogP contribution in [-0.4, -0.2) is 36.6 Å². The molecule has 2 rings (SSSR count). The molecule has 0 aliphatic carbocycles. The van der Waals surface area contributed by atoms with E-state index in [1.165, 1.54) is 0 Å². The van der Waals surface area contributed by atoms with Crippen molar-refractivity contribution in [3.8, 4) is 0 Å². The molecule has 0 saturated carbocycles. The fourth-order valence-corrected chi connectivity index (χ4v) is 2.71. The second kappa shape index (κ2) is 5.39. The summed E-state index contributed by atoms with van der Waals surface area (Å²) in [4.78, 5) is 14.3. The molecule has 1 unspecified atom stereocenters. The number of likely N-dealkylation sites (tertiary alicyclic amines) is 1. The van der Waals surface area contributed by atoms with Crippen molar-refractivity contribution >= 4 is 23.2 Å². The van der Waals surface area contributed by atoms with Gasteiger partial charge in [-0.25, -0.2) is 0 Å². The lowest BCUT2D eigenvalue weighted by Crippen LogP contribution is -2.49. The summed E-state index contributed by atoms with van der Waals surface area (Å²) in [5.74, 6) is -0.0443. The maximum Gasteiger partial charge on any atom is 0.254 e. The standard InChI is InChI=1S/C14H19ClN2O2/c1-14(19-2)4-3-5-17(9-14)13(18)10-6-11(15)8-12(16)7-10/h6-8H,3-5,9,16H2,1-2H3. The summed E-state index contributed by atoms with van der Waals surface area (Å²) in [6, 6.07) is 4.94. The Morgan fingerprint density at radius 3 is 2.84 bits per heavy atom. The number of hydrogen-bond acceptors (Lipinski definition) is 3. The number of halogens is 1. The van der Waals surface area contributed by atoms with Crippen LogP contribution < -0.4 is 5.73 Å². The SMILES string of the molecule is COC1(C)CCCN(C(=O)c2cc(N)cc(Cl)c2)C1. The maximum absolute atomic E-state index is 12.5. The van der Waals surface area contributed by atoms with Gasteiger partial charge in [-0.05, 0) is 38.0 Å². The molecule has 104 valence electrons. The number of benzene rings is 1. The smallest absolute Gasteiger partial charge is 0.254 e. The van der Waals surface area contributed by atoms with E-state index in [0.29, 0.717) is 22.8 Å². The quantitative estimate of drug-likeness (QED) is 0.848. The molecule has 1 aliphatic rings. The van der Waals surface area contributed by atoms with E-state index in [1.54, 1.807) is 30.2 Å². The van der Waals surface area contributed by atoms with Crippen molar-refractivity contribution in [2.75, 3.05) is 25.9 Å². The Bertz CT molecular complexity index is 472. The highest BCUT2D eigenvalue weighted by atomic mass is 35.5. The molecule has 2 N–H and O–H groups in total. The summed E-state index contributed by atoms with van der Waals surface area (Å²) >= 11 is 5.94. The van der Waals surface area contributed by atoms with Gasteiger partial charge in [0.05, 0.1) is 5.60 Å². The largest absolute Gasteiger partial charge is 0.399 e. The molecule has 1 saturated heterocycles. The van der Waals surface area contributed by atoms with Crippen molar-refractivity contribution < 1.29 is 9.53 Å². The summed E-state index contributed by atoms with van der Waals surface area (Å²) in [6.07, 6.45) is 1.90. The molecule has 4 nitrogen and oxygen atoms in total. The molecule has 1 heterocycles. The van der Waals surface area contributed by atoms with Crippen LogP contribution in [0.1, 0.15) is 30.1 Å². The number of carbonyl (C=O) groups is 1. The van der Waals surface area contributed by atoms with Crippen molar-refractivity contribution in [2.24, 2.45) is 0 Å². The lowest BCUT2D eigenvalue weighted by atomic mass is 9.94. The lowest BCUT2D eigenvalue weighted by molar-refractivity contribution is -0.0440. The molecule has 5 heteroatoms. The van der Waals surface area contributed by atoms with E-state index in [4.69, 9.17) is 22.1 Å². The monoisotopic (exact) mass is 282 g/mol. The fraction of sp³-hybridized carbons (Fsp3) is 0.500. The minimum atomic E-state index is -0.266. The number of ether oxygens (including phenoxy) is 1. The maximum atomic E-state index is 12.5. The van der Waals surface area contributed by atoms with Crippen LogP contribution in [0.2, 0.25) is 5.02 Å². The Morgan fingerprint density at radius 2 is 2.21 bits per heavy atom. The number of hydrogen-bond donors (Lipinski definition) is 1. The second-order valence-corrected chi connectivity index (χ2v) is 5.69. The Kier molecular flexibility index (Phi) is 4.02. The molecule has 0 bridgehead atoms. The number of carbonyl (C=O) groups excluding carboxylic acids is 1. The van der Waals surface area contributed by atoms with Gasteiger partial charge in [-0.3, -0.25) is 4.79 Å². The number of piperidine rings is 1. The van der Waals surface area contributed by atoms with Crippen LogP contribution in [0.5, 0.6) is 0 Å². The molecule has 0 radical (unpaired) electrons. The molecule has 0 aromatic heterocycles. The minimum absolute atomic E-state index is 0.0443. The van der Waals surface area contributed by atoms with Crippen LogP contribution in [0, 0.1) is 0 Å². The average molecular weight is 283 g/mol. The number of amides is 1. The van der Waals surface area contributed by atoms with Gasteiger partial charge >= 0.3 is 0 Å². The zero-order chi connectivity index (χ0) is 14.0. The van der Waals surface area contributed by atoms with Gasteiger partial charge in [-0.2, -0.15) is 0 Å². The van der Waals surface area contributed by atoms with Crippen LogP contribution in [-0.2, 0) is 4.74 Å². The molecule has 1 atom stereocenters. The zero-order valence-electron chi connectivity index (χ0n) is 11.3. The third kappa shape index (κ3) is 3.19. The van der Waals surface area contributed by atoms with Crippen LogP contribution in [0.4, 0.5) is 5.69 Å². The van der Waals surface area contributed by atoms with E-state index < -0.39 is 0 Å². The third-order valence-corrected chi connectivity index (χ3v) is 3.82. The number of anilines is 1. The number of methoxy groups -OCH3 is 1. The van der Waals surface area contributed by atoms with Gasteiger partial charge in [-0.15, -0.1) is 0 Å². The molecular weight excluding hydrogens is 264 g/mol. The number of nitrogen functional groups attached to an aromatic ring is 1. The number of rotatable bonds is 2. The lowest BCUT2D eigenvalue weighted by Gasteiger charge is -2.39. The normalized spacial score (nSPS) is 23.4. The van der Waals surface area contributed by atoms with E-state index in [1.807, 2.05) is 6.92 Å². The van der Waals surface area contributed by atoms with E-state index in [9.17, 15) is 4.79 Å².